The number of benzene rings is 6. The molecule has 6 heterocycles. The summed E-state index contributed by atoms with van der Waals surface area (Å²) in [5, 5.41) is 89.4. The van der Waals surface area contributed by atoms with Gasteiger partial charge in [-0.25, -0.2) is 29.9 Å². The summed E-state index contributed by atoms with van der Waals surface area (Å²) < 4.78 is 12.9. The van der Waals surface area contributed by atoms with Crippen molar-refractivity contribution in [2.45, 2.75) is 409 Å². The number of nitrogens with one attached hydrogen (secondary N) is 6. The molecule has 6 aromatic carbocycles. The molecule has 1 spiro atoms. The third-order valence-electron chi connectivity index (χ3n) is 32.4. The van der Waals surface area contributed by atoms with E-state index in [2.05, 4.69) is 127 Å². The number of aromatic nitrogens is 12. The van der Waals surface area contributed by atoms with Gasteiger partial charge in [-0.2, -0.15) is 0 Å². The Morgan fingerprint density at radius 3 is 0.812 bits per heavy atom. The number of nitrogens with zero attached hydrogens (tertiary/aromatic N) is 12. The Labute approximate surface area is 876 Å². The second kappa shape index (κ2) is 41.7. The van der Waals surface area contributed by atoms with Crippen LogP contribution in [0.2, 0.25) is 0 Å². The van der Waals surface area contributed by atoms with Crippen molar-refractivity contribution in [2.75, 3.05) is 31.9 Å². The number of fused-ring (bicyclic) bond motifs is 6. The highest BCUT2D eigenvalue weighted by atomic mass is 16.3. The lowest BCUT2D eigenvalue weighted by molar-refractivity contribution is -0.131. The van der Waals surface area contributed by atoms with E-state index in [1.807, 2.05) is 131 Å². The number of anilines is 6. The first-order chi connectivity index (χ1) is 69.4. The second-order valence-electron chi connectivity index (χ2n) is 51.2. The molecule has 804 valence electrons. The summed E-state index contributed by atoms with van der Waals surface area (Å²) >= 11 is 0. The summed E-state index contributed by atoms with van der Waals surface area (Å²) in [5.74, 6) is 3.48. The molecule has 13 N–H and O–H groups in total. The van der Waals surface area contributed by atoms with Crippen LogP contribution in [0.15, 0.2) is 109 Å². The van der Waals surface area contributed by atoms with E-state index in [0.29, 0.717) is 77.4 Å². The highest BCUT2D eigenvalue weighted by Gasteiger charge is 2.53. The predicted octanol–water partition coefficient (Wildman–Crippen LogP) is 23.3. The minimum absolute atomic E-state index is 0.00362. The number of carbonyl (C=O) groups is 6. The molecule has 0 saturated heterocycles. The van der Waals surface area contributed by atoms with Crippen molar-refractivity contribution >= 4 is 137 Å². The van der Waals surface area contributed by atoms with Gasteiger partial charge in [0.15, 0.2) is 0 Å². The van der Waals surface area contributed by atoms with Gasteiger partial charge in [0.05, 0.1) is 118 Å². The minimum atomic E-state index is -1.06. The van der Waals surface area contributed by atoms with Gasteiger partial charge in [-0.05, 0) is 374 Å². The Hall–Kier alpha value is -11.3. The summed E-state index contributed by atoms with van der Waals surface area (Å²) in [7, 11) is 0. The number of aliphatic hydroxyl groups is 7. The van der Waals surface area contributed by atoms with E-state index in [0.717, 1.165) is 197 Å². The fourth-order valence-corrected chi connectivity index (χ4v) is 20.8. The van der Waals surface area contributed by atoms with Crippen molar-refractivity contribution in [3.63, 3.8) is 0 Å². The number of imidazole rings is 6. The Balaban J connectivity index is 0.000000128. The van der Waals surface area contributed by atoms with Crippen LogP contribution in [0.1, 0.15) is 396 Å². The average Bonchev–Trinajstić information content (AvgIpc) is 0.906. The second-order valence-corrected chi connectivity index (χ2v) is 51.2. The first kappa shape index (κ1) is 110. The molecule has 0 bridgehead atoms. The zero-order valence-electron chi connectivity index (χ0n) is 92.4. The molecule has 0 aliphatic heterocycles. The van der Waals surface area contributed by atoms with Crippen molar-refractivity contribution in [3.8, 4) is 0 Å². The van der Waals surface area contributed by atoms with Crippen molar-refractivity contribution in [1.29, 1.82) is 0 Å². The molecular weight excluding hydrogens is 1880 g/mol. The van der Waals surface area contributed by atoms with Crippen LogP contribution < -0.4 is 31.9 Å². The smallest absolute Gasteiger partial charge is 0.232 e. The maximum absolute atomic E-state index is 12.8. The Kier molecular flexibility index (Phi) is 30.9. The Morgan fingerprint density at radius 1 is 0.336 bits per heavy atom. The quantitative estimate of drug-likeness (QED) is 0.0267. The van der Waals surface area contributed by atoms with Crippen LogP contribution in [-0.2, 0) is 56.8 Å². The molecule has 1 unspecified atom stereocenters. The highest BCUT2D eigenvalue weighted by molar-refractivity contribution is 5.99. The number of rotatable bonds is 24. The van der Waals surface area contributed by atoms with Crippen LogP contribution in [0.3, 0.4) is 0 Å². The summed E-state index contributed by atoms with van der Waals surface area (Å²) in [4.78, 5) is 103. The van der Waals surface area contributed by atoms with Crippen LogP contribution in [0.5, 0.6) is 0 Å². The van der Waals surface area contributed by atoms with Crippen molar-refractivity contribution < 1.29 is 64.5 Å². The Morgan fingerprint density at radius 2 is 0.584 bits per heavy atom. The molecule has 9 aliphatic carbocycles. The third kappa shape index (κ3) is 25.2. The van der Waals surface area contributed by atoms with E-state index in [1.165, 1.54) is 56.9 Å². The highest BCUT2D eigenvalue weighted by Crippen LogP contribution is 2.59. The van der Waals surface area contributed by atoms with Crippen molar-refractivity contribution in [2.24, 2.45) is 39.4 Å². The molecule has 6 amide bonds. The van der Waals surface area contributed by atoms with Crippen molar-refractivity contribution in [3.05, 3.63) is 143 Å². The average molecular weight is 2040 g/mol. The minimum Gasteiger partial charge on any atom is -0.390 e. The van der Waals surface area contributed by atoms with E-state index < -0.39 is 44.6 Å². The first-order valence-electron chi connectivity index (χ1n) is 54.5. The molecule has 9 saturated carbocycles. The number of carbonyl (C=O) groups excluding carboxylic acids is 6. The van der Waals surface area contributed by atoms with Crippen LogP contribution in [0.4, 0.5) is 35.7 Å². The van der Waals surface area contributed by atoms with Crippen LogP contribution >= 0.6 is 0 Å². The van der Waals surface area contributed by atoms with Crippen LogP contribution in [0.25, 0.3) is 66.2 Å². The van der Waals surface area contributed by atoms with Gasteiger partial charge in [-0.3, -0.25) is 60.7 Å². The zero-order valence-corrected chi connectivity index (χ0v) is 92.4. The Bertz CT molecular complexity index is 6960. The third-order valence-corrected chi connectivity index (χ3v) is 32.4. The van der Waals surface area contributed by atoms with Gasteiger partial charge < -0.3 is 63.1 Å². The molecule has 9 fully saturated rings. The molecule has 0 radical (unpaired) electrons. The van der Waals surface area contributed by atoms with Gasteiger partial charge in [0, 0.05) is 59.4 Å². The van der Waals surface area contributed by atoms with E-state index in [9.17, 15) is 64.5 Å². The fraction of sp³-hybridized carbons (Fsp3) is 0.593. The predicted molar refractivity (Wildman–Crippen MR) is 589 cm³/mol. The van der Waals surface area contributed by atoms with Gasteiger partial charge >= 0.3 is 0 Å². The molecule has 2 atom stereocenters. The fourth-order valence-electron chi connectivity index (χ4n) is 20.8. The summed E-state index contributed by atoms with van der Waals surface area (Å²) in [6.45, 7) is 44.4. The normalized spacial score (nSPS) is 18.5. The molecule has 31 nitrogen and oxygen atoms in total. The van der Waals surface area contributed by atoms with Gasteiger partial charge in [0.2, 0.25) is 71.1 Å². The molecule has 9 aliphatic rings. The molecule has 31 heteroatoms. The largest absolute Gasteiger partial charge is 0.390 e. The number of amides is 6. The van der Waals surface area contributed by atoms with Crippen molar-refractivity contribution in [1.82, 2.24) is 57.3 Å². The number of hydrogen-bond donors (Lipinski definition) is 13. The summed E-state index contributed by atoms with van der Waals surface area (Å²) in [6, 6.07) is 37.5. The monoisotopic (exact) mass is 2040 g/mol. The topological polar surface area (TPSA) is 423 Å². The maximum Gasteiger partial charge on any atom is 0.232 e. The van der Waals surface area contributed by atoms with Gasteiger partial charge in [-0.1, -0.05) is 105 Å². The summed E-state index contributed by atoms with van der Waals surface area (Å²) in [5.41, 5.74) is 9.92. The lowest BCUT2D eigenvalue weighted by Gasteiger charge is -2.53. The van der Waals surface area contributed by atoms with Gasteiger partial charge in [-0.15, -0.1) is 0 Å². The standard InChI is InChI=1S/C22H29N3O2.C21H31N3O2.C20H27N3O2.C19H27N3O3.C19H27N3O2.C17H23N3O2/c1-21(2,27)15-7-8-17-18(11-15)25(16-5-3-6-16)20(23-17)24-19(26)14-12-22(13-14)9-4-10-22;1-13(20(2,3)4)18(25)23-19-22-16-11-10-14(21(5,6)26)12-17(16)24(19)15-8-7-9-15;1-19(2)11-14(19)17(24)22-18-21-15-9-8-12(20(3,4)25)10-16(15)23(18)13-6-5-7-13;1-18(2,24)11-16(23)21-17-20-14-9-8-12(19(3,4)25)10-15(14)22(17)13-6-5-7-13;1-18(2,3)16(23)21-17-20-14-10-9-12(19(4,5)24)11-15(14)22(17)13-7-6-8-13;1-11-7-8-13-14(9-11)20(12-5-4-6-12)16(18-13)19-15(21)10-17(2,3)22/h7-8,11,14,16,27H,3-6,9-10,12-13H2,1-2H3,(H,23,24,26);10-13,15,26H,7-9H2,1-6H3,(H,22,23,25);8-10,13-14,25H,5-7,11H2,1-4H3,(H,21,22,24);8-10,13,24-25H,5-7,11H2,1-4H3,(H,20,21,23);9-11,13,24H,6-8H2,1-5H3,(H,20,21,23);7-9,12,22H,4-6,10H2,1-3H3,(H,18,19,21)/t;13-;;;;/m.1..../s1. The van der Waals surface area contributed by atoms with E-state index >= 15 is 0 Å². The van der Waals surface area contributed by atoms with Gasteiger partial charge in [0.1, 0.15) is 0 Å². The molecule has 21 rings (SSSR count). The maximum atomic E-state index is 12.8. The van der Waals surface area contributed by atoms with E-state index in [-0.39, 0.29) is 76.9 Å². The van der Waals surface area contributed by atoms with E-state index in [1.54, 1.807) is 96.9 Å². The molecule has 6 aromatic heterocycles. The SMILES string of the molecule is CC(C)(C)C(=O)Nc1nc2ccc(C(C)(C)O)cc2n1C1CCC1.CC(C)(O)CC(=O)Nc1nc2ccc(C(C)(C)O)cc2n1C1CCC1.CC(C)(O)c1ccc2nc(NC(=O)C3CC3(C)C)n(C3CCC3)c2c1.CC(C)(O)c1ccc2nc(NC(=O)C3CC4(CCC4)C3)n(C3CCC3)c2c1.C[C@H](C(=O)Nc1nc2ccc(C(C)(C)O)cc2n1C1CCC1)C(C)(C)C.Cc1ccc2nc(NC(=O)CC(C)(C)O)n(C3CCC3)c2c1. The molecule has 12 aromatic rings. The van der Waals surface area contributed by atoms with Crippen LogP contribution in [0, 0.1) is 46.3 Å². The van der Waals surface area contributed by atoms with E-state index in [4.69, 9.17) is 9.97 Å². The molecule has 149 heavy (non-hydrogen) atoms. The first-order valence-corrected chi connectivity index (χ1v) is 54.5. The number of hydrogen-bond acceptors (Lipinski definition) is 19. The van der Waals surface area contributed by atoms with Gasteiger partial charge in [0.25, 0.3) is 0 Å². The zero-order chi connectivity index (χ0) is 108. The summed E-state index contributed by atoms with van der Waals surface area (Å²) in [6.07, 6.45) is 27.4. The number of aryl methyl sites for hydroxylation is 1. The molecular formula is C118H164N18O13. The lowest BCUT2D eigenvalue weighted by Crippen LogP contribution is -2.47. The lowest BCUT2D eigenvalue weighted by atomic mass is 9.51. The van der Waals surface area contributed by atoms with Crippen LogP contribution in [-0.4, -0.2) is 140 Å².